The van der Waals surface area contributed by atoms with Crippen LogP contribution in [-0.4, -0.2) is 19.6 Å². The standard InChI is InChI=1S/C34H48N2O3S.BrH/c1-4-5-6-7-8-9-10-11-12-13-14-15-22-39-34-30(19-17-21-32(34)38-3)24-33(37)35-31-20-16-18-29(23-31)25-36-27-40-26-28(36)2;/h16-21,23,26-27H,4-15,22,24-25H2,1-3H3;1H. The molecule has 0 aliphatic carbocycles. The maximum atomic E-state index is 13.0. The summed E-state index contributed by atoms with van der Waals surface area (Å²) in [6.45, 7) is 5.79. The third-order valence-electron chi connectivity index (χ3n) is 7.32. The Morgan fingerprint density at radius 2 is 1.56 bits per heavy atom. The molecule has 0 saturated heterocycles. The Hall–Kier alpha value is -2.38. The van der Waals surface area contributed by atoms with Crippen LogP contribution in [0.1, 0.15) is 101 Å². The molecule has 1 N–H and O–H groups in total. The summed E-state index contributed by atoms with van der Waals surface area (Å²) in [5, 5.41) is 5.20. The molecule has 2 aromatic carbocycles. The van der Waals surface area contributed by atoms with E-state index in [1.807, 2.05) is 36.4 Å². The van der Waals surface area contributed by atoms with Crippen molar-refractivity contribution >= 4 is 22.9 Å². The van der Waals surface area contributed by atoms with Crippen LogP contribution in [0.3, 0.4) is 0 Å². The van der Waals surface area contributed by atoms with Crippen molar-refractivity contribution < 1.29 is 35.8 Å². The molecule has 1 aromatic heterocycles. The quantitative estimate of drug-likeness (QED) is 0.127. The lowest BCUT2D eigenvalue weighted by Crippen LogP contribution is -3.00. The Kier molecular flexibility index (Phi) is 17.4. The molecule has 0 atom stereocenters. The average molecular weight is 646 g/mol. The van der Waals surface area contributed by atoms with Gasteiger partial charge in [-0.3, -0.25) is 4.79 Å². The molecule has 3 rings (SSSR count). The molecule has 0 spiro atoms. The van der Waals surface area contributed by atoms with E-state index in [0.717, 1.165) is 29.8 Å². The number of aryl methyl sites for hydroxylation is 1. The normalized spacial score (nSPS) is 10.7. The number of amides is 1. The number of nitrogens with one attached hydrogen (secondary N) is 1. The molecule has 7 heteroatoms. The molecule has 0 radical (unpaired) electrons. The summed E-state index contributed by atoms with van der Waals surface area (Å²) in [6.07, 6.45) is 16.0. The lowest BCUT2D eigenvalue weighted by Gasteiger charge is -2.15. The van der Waals surface area contributed by atoms with E-state index in [1.165, 1.54) is 76.3 Å². The molecule has 0 fully saturated rings. The number of anilines is 1. The number of halogens is 1. The number of carbonyl (C=O) groups excluding carboxylic acids is 1. The number of thiazole rings is 1. The first-order valence-electron chi connectivity index (χ1n) is 15.2. The number of benzene rings is 2. The second kappa shape index (κ2) is 20.5. The van der Waals surface area contributed by atoms with Gasteiger partial charge in [0.05, 0.1) is 25.5 Å². The van der Waals surface area contributed by atoms with Crippen LogP contribution < -0.4 is 36.3 Å². The topological polar surface area (TPSA) is 51.4 Å². The second-order valence-corrected chi connectivity index (χ2v) is 11.5. The maximum Gasteiger partial charge on any atom is 0.228 e. The maximum absolute atomic E-state index is 13.0. The van der Waals surface area contributed by atoms with E-state index in [1.54, 1.807) is 18.4 Å². The van der Waals surface area contributed by atoms with Gasteiger partial charge in [0, 0.05) is 23.7 Å². The van der Waals surface area contributed by atoms with E-state index in [4.69, 9.17) is 9.47 Å². The zero-order chi connectivity index (χ0) is 28.4. The first-order chi connectivity index (χ1) is 19.6. The number of unbranched alkanes of at least 4 members (excludes halogenated alkanes) is 11. The predicted molar refractivity (Wildman–Crippen MR) is 167 cm³/mol. The van der Waals surface area contributed by atoms with Crippen LogP contribution in [-0.2, 0) is 17.8 Å². The number of hydrogen-bond acceptors (Lipinski definition) is 4. The van der Waals surface area contributed by atoms with Crippen LogP contribution in [0.2, 0.25) is 0 Å². The monoisotopic (exact) mass is 644 g/mol. The first kappa shape index (κ1) is 34.8. The minimum atomic E-state index is -0.0695. The molecule has 1 heterocycles. The molecule has 3 aromatic rings. The van der Waals surface area contributed by atoms with Gasteiger partial charge in [-0.25, -0.2) is 0 Å². The number of carbonyl (C=O) groups is 1. The Bertz CT molecular complexity index is 1150. The van der Waals surface area contributed by atoms with Gasteiger partial charge in [-0.15, -0.1) is 0 Å². The number of aromatic nitrogens is 1. The van der Waals surface area contributed by atoms with Gasteiger partial charge in [-0.1, -0.05) is 113 Å². The number of hydrogen-bond donors (Lipinski definition) is 1. The van der Waals surface area contributed by atoms with Crippen LogP contribution in [0.15, 0.2) is 53.4 Å². The van der Waals surface area contributed by atoms with Crippen LogP contribution in [0.25, 0.3) is 0 Å². The van der Waals surface area contributed by atoms with E-state index < -0.39 is 0 Å². The van der Waals surface area contributed by atoms with E-state index in [0.29, 0.717) is 18.1 Å². The van der Waals surface area contributed by atoms with E-state index >= 15 is 0 Å². The van der Waals surface area contributed by atoms with Gasteiger partial charge >= 0.3 is 0 Å². The number of methoxy groups -OCH3 is 1. The summed E-state index contributed by atoms with van der Waals surface area (Å²) in [4.78, 5) is 13.0. The summed E-state index contributed by atoms with van der Waals surface area (Å²) < 4.78 is 14.0. The molecule has 1 amide bonds. The van der Waals surface area contributed by atoms with E-state index in [2.05, 4.69) is 40.7 Å². The van der Waals surface area contributed by atoms with Gasteiger partial charge in [-0.2, -0.15) is 4.57 Å². The average Bonchev–Trinajstić information content (AvgIpc) is 3.35. The Labute approximate surface area is 262 Å². The van der Waals surface area contributed by atoms with Crippen LogP contribution >= 0.6 is 11.3 Å². The van der Waals surface area contributed by atoms with Crippen molar-refractivity contribution in [1.82, 2.24) is 0 Å². The van der Waals surface area contributed by atoms with Crippen molar-refractivity contribution in [3.05, 3.63) is 70.2 Å². The first-order valence-corrected chi connectivity index (χ1v) is 16.1. The molecule has 226 valence electrons. The van der Waals surface area contributed by atoms with Crippen LogP contribution in [0.5, 0.6) is 11.5 Å². The summed E-state index contributed by atoms with van der Waals surface area (Å²) in [5.74, 6) is 1.29. The number of para-hydroxylation sites is 1. The molecular formula is C34H49BrN2O3S. The highest BCUT2D eigenvalue weighted by atomic mass is 79.9. The fourth-order valence-electron chi connectivity index (χ4n) is 4.98. The van der Waals surface area contributed by atoms with Gasteiger partial charge < -0.3 is 31.8 Å². The third-order valence-corrected chi connectivity index (χ3v) is 8.17. The third kappa shape index (κ3) is 13.0. The lowest BCUT2D eigenvalue weighted by atomic mass is 10.1. The van der Waals surface area contributed by atoms with Gasteiger partial charge in [0.1, 0.15) is 0 Å². The molecule has 5 nitrogen and oxygen atoms in total. The van der Waals surface area contributed by atoms with Crippen molar-refractivity contribution in [3.8, 4) is 11.5 Å². The lowest BCUT2D eigenvalue weighted by molar-refractivity contribution is -0.689. The molecule has 0 saturated carbocycles. The van der Waals surface area contributed by atoms with Crippen molar-refractivity contribution in [2.45, 2.75) is 104 Å². The Morgan fingerprint density at radius 3 is 2.20 bits per heavy atom. The summed E-state index contributed by atoms with van der Waals surface area (Å²) in [5.41, 5.74) is 6.14. The molecule has 0 aliphatic heterocycles. The minimum absolute atomic E-state index is 0. The molecule has 0 aliphatic rings. The SMILES string of the molecule is CCCCCCCCCCCCCCOc1c(CC(=O)Nc2cccc(C[n+]3cscc3C)c2)cccc1OC.[Br-]. The molecule has 0 unspecified atom stereocenters. The highest BCUT2D eigenvalue weighted by Gasteiger charge is 2.15. The van der Waals surface area contributed by atoms with Gasteiger partial charge in [0.2, 0.25) is 11.4 Å². The summed E-state index contributed by atoms with van der Waals surface area (Å²) in [6, 6.07) is 13.8. The number of ether oxygens (including phenoxy) is 2. The molecular weight excluding hydrogens is 596 g/mol. The predicted octanol–water partition coefficient (Wildman–Crippen LogP) is 5.67. The molecule has 41 heavy (non-hydrogen) atoms. The van der Waals surface area contributed by atoms with Crippen molar-refractivity contribution in [2.24, 2.45) is 0 Å². The fourth-order valence-corrected chi connectivity index (χ4v) is 5.76. The van der Waals surface area contributed by atoms with Crippen LogP contribution in [0, 0.1) is 6.92 Å². The largest absolute Gasteiger partial charge is 1.00 e. The molecule has 0 bridgehead atoms. The van der Waals surface area contributed by atoms with Crippen molar-refractivity contribution in [2.75, 3.05) is 19.0 Å². The summed E-state index contributed by atoms with van der Waals surface area (Å²) in [7, 11) is 1.65. The number of nitrogens with zero attached hydrogens (tertiary/aromatic N) is 1. The highest BCUT2D eigenvalue weighted by Crippen LogP contribution is 2.32. The fraction of sp³-hybridized carbons (Fsp3) is 0.529. The minimum Gasteiger partial charge on any atom is -1.00 e. The zero-order valence-electron chi connectivity index (χ0n) is 25.3. The second-order valence-electron chi connectivity index (χ2n) is 10.7. The van der Waals surface area contributed by atoms with Crippen LogP contribution in [0.4, 0.5) is 5.69 Å². The smallest absolute Gasteiger partial charge is 0.228 e. The Morgan fingerprint density at radius 1 is 0.902 bits per heavy atom. The van der Waals surface area contributed by atoms with E-state index in [9.17, 15) is 4.79 Å². The van der Waals surface area contributed by atoms with Crippen molar-refractivity contribution in [3.63, 3.8) is 0 Å². The highest BCUT2D eigenvalue weighted by molar-refractivity contribution is 7.07. The van der Waals surface area contributed by atoms with Gasteiger partial charge in [0.15, 0.2) is 23.7 Å². The van der Waals surface area contributed by atoms with Crippen molar-refractivity contribution in [1.29, 1.82) is 0 Å². The van der Waals surface area contributed by atoms with Gasteiger partial charge in [-0.05, 0) is 24.6 Å². The number of rotatable bonds is 20. The zero-order valence-corrected chi connectivity index (χ0v) is 27.7. The summed E-state index contributed by atoms with van der Waals surface area (Å²) >= 11 is 1.69. The van der Waals surface area contributed by atoms with Gasteiger partial charge in [0.25, 0.3) is 0 Å². The Balaban J connectivity index is 0.00000588. The van der Waals surface area contributed by atoms with E-state index in [-0.39, 0.29) is 29.3 Å².